The lowest BCUT2D eigenvalue weighted by atomic mass is 10.4. The van der Waals surface area contributed by atoms with E-state index < -0.39 is 6.03 Å². The lowest BCUT2D eigenvalue weighted by Gasteiger charge is -2.12. The maximum absolute atomic E-state index is 10.2. The molecule has 0 radical (unpaired) electrons. The molecule has 2 amide bonds. The van der Waals surface area contributed by atoms with Gasteiger partial charge in [-0.1, -0.05) is 6.92 Å². The van der Waals surface area contributed by atoms with Gasteiger partial charge in [0.1, 0.15) is 0 Å². The standard InChI is InChI=1S/C7H17N3O/c1-3-10(2)6-4-5-9-7(8)11/h3-6H2,1-2H3,(H3,8,9,11). The van der Waals surface area contributed by atoms with E-state index in [0.29, 0.717) is 6.54 Å². The number of rotatable bonds is 5. The van der Waals surface area contributed by atoms with E-state index in [1.165, 1.54) is 0 Å². The predicted molar refractivity (Wildman–Crippen MR) is 45.4 cm³/mol. The summed E-state index contributed by atoms with van der Waals surface area (Å²) in [5.74, 6) is 0. The highest BCUT2D eigenvalue weighted by Gasteiger charge is 1.94. The van der Waals surface area contributed by atoms with Gasteiger partial charge in [0.25, 0.3) is 0 Å². The first-order valence-electron chi connectivity index (χ1n) is 3.88. The summed E-state index contributed by atoms with van der Waals surface area (Å²) in [6, 6.07) is -0.441. The van der Waals surface area contributed by atoms with Gasteiger partial charge in [0, 0.05) is 6.54 Å². The van der Waals surface area contributed by atoms with Crippen LogP contribution in [-0.2, 0) is 0 Å². The van der Waals surface area contributed by atoms with Crippen molar-refractivity contribution in [2.75, 3.05) is 26.7 Å². The first-order valence-corrected chi connectivity index (χ1v) is 3.88. The molecule has 0 aromatic rings. The number of amides is 2. The van der Waals surface area contributed by atoms with Crippen molar-refractivity contribution in [3.8, 4) is 0 Å². The minimum absolute atomic E-state index is 0.441. The van der Waals surface area contributed by atoms with E-state index in [1.807, 2.05) is 7.05 Å². The smallest absolute Gasteiger partial charge is 0.312 e. The van der Waals surface area contributed by atoms with Gasteiger partial charge in [0.05, 0.1) is 0 Å². The van der Waals surface area contributed by atoms with Crippen LogP contribution in [0, 0.1) is 0 Å². The molecule has 0 heterocycles. The molecule has 4 nitrogen and oxygen atoms in total. The van der Waals surface area contributed by atoms with Crippen molar-refractivity contribution in [2.24, 2.45) is 5.73 Å². The topological polar surface area (TPSA) is 58.4 Å². The zero-order valence-corrected chi connectivity index (χ0v) is 7.26. The number of carbonyl (C=O) groups excluding carboxylic acids is 1. The molecule has 0 rings (SSSR count). The zero-order valence-electron chi connectivity index (χ0n) is 7.26. The van der Waals surface area contributed by atoms with Gasteiger partial charge in [0.15, 0.2) is 0 Å². The Hall–Kier alpha value is -0.770. The van der Waals surface area contributed by atoms with Crippen molar-refractivity contribution < 1.29 is 4.79 Å². The largest absolute Gasteiger partial charge is 0.352 e. The maximum atomic E-state index is 10.2. The van der Waals surface area contributed by atoms with E-state index in [-0.39, 0.29) is 0 Å². The van der Waals surface area contributed by atoms with Gasteiger partial charge < -0.3 is 16.0 Å². The highest BCUT2D eigenvalue weighted by molar-refractivity contribution is 5.71. The summed E-state index contributed by atoms with van der Waals surface area (Å²) in [6.07, 6.45) is 0.952. The number of carbonyl (C=O) groups is 1. The average Bonchev–Trinajstić information content (AvgIpc) is 1.97. The zero-order chi connectivity index (χ0) is 8.69. The van der Waals surface area contributed by atoms with Crippen LogP contribution in [0.3, 0.4) is 0 Å². The summed E-state index contributed by atoms with van der Waals surface area (Å²) in [6.45, 7) is 4.80. The summed E-state index contributed by atoms with van der Waals surface area (Å²) in [5, 5.41) is 2.54. The van der Waals surface area contributed by atoms with Crippen molar-refractivity contribution in [1.29, 1.82) is 0 Å². The lowest BCUT2D eigenvalue weighted by molar-refractivity contribution is 0.248. The van der Waals surface area contributed by atoms with Crippen molar-refractivity contribution in [3.05, 3.63) is 0 Å². The highest BCUT2D eigenvalue weighted by Crippen LogP contribution is 1.83. The van der Waals surface area contributed by atoms with Crippen LogP contribution >= 0.6 is 0 Å². The Labute approximate surface area is 67.7 Å². The number of nitrogens with zero attached hydrogens (tertiary/aromatic N) is 1. The molecule has 0 saturated carbocycles. The third-order valence-corrected chi connectivity index (χ3v) is 1.56. The Bertz CT molecular complexity index is 116. The summed E-state index contributed by atoms with van der Waals surface area (Å²) in [7, 11) is 2.05. The van der Waals surface area contributed by atoms with Gasteiger partial charge in [0.2, 0.25) is 0 Å². The molecule has 0 spiro atoms. The molecule has 66 valence electrons. The number of primary amides is 1. The van der Waals surface area contributed by atoms with Crippen LogP contribution in [0.15, 0.2) is 0 Å². The Kier molecular flexibility index (Phi) is 5.56. The van der Waals surface area contributed by atoms with E-state index >= 15 is 0 Å². The second-order valence-electron chi connectivity index (χ2n) is 2.54. The van der Waals surface area contributed by atoms with Gasteiger partial charge in [-0.15, -0.1) is 0 Å². The number of nitrogens with two attached hydrogens (primary N) is 1. The molecule has 0 saturated heterocycles. The Morgan fingerprint density at radius 3 is 2.73 bits per heavy atom. The molecule has 3 N–H and O–H groups in total. The monoisotopic (exact) mass is 159 g/mol. The van der Waals surface area contributed by atoms with Crippen LogP contribution < -0.4 is 11.1 Å². The fraction of sp³-hybridized carbons (Fsp3) is 0.857. The number of urea groups is 1. The van der Waals surface area contributed by atoms with E-state index in [9.17, 15) is 4.79 Å². The van der Waals surface area contributed by atoms with Crippen molar-refractivity contribution in [3.63, 3.8) is 0 Å². The Balaban J connectivity index is 3.08. The molecular weight excluding hydrogens is 142 g/mol. The molecule has 0 fully saturated rings. The van der Waals surface area contributed by atoms with Gasteiger partial charge in [-0.25, -0.2) is 4.79 Å². The Morgan fingerprint density at radius 2 is 2.27 bits per heavy atom. The molecular formula is C7H17N3O. The van der Waals surface area contributed by atoms with Crippen molar-refractivity contribution in [1.82, 2.24) is 10.2 Å². The van der Waals surface area contributed by atoms with Crippen LogP contribution in [0.4, 0.5) is 4.79 Å². The third-order valence-electron chi connectivity index (χ3n) is 1.56. The fourth-order valence-electron chi connectivity index (χ4n) is 0.719. The van der Waals surface area contributed by atoms with Crippen LogP contribution in [0.25, 0.3) is 0 Å². The minimum atomic E-state index is -0.441. The quantitative estimate of drug-likeness (QED) is 0.555. The van der Waals surface area contributed by atoms with E-state index in [4.69, 9.17) is 5.73 Å². The molecule has 4 heteroatoms. The number of hydrogen-bond donors (Lipinski definition) is 2. The predicted octanol–water partition coefficient (Wildman–Crippen LogP) is -0.00350. The molecule has 0 aliphatic carbocycles. The summed E-state index contributed by atoms with van der Waals surface area (Å²) in [5.41, 5.74) is 4.88. The average molecular weight is 159 g/mol. The van der Waals surface area contributed by atoms with E-state index in [2.05, 4.69) is 17.1 Å². The van der Waals surface area contributed by atoms with E-state index in [1.54, 1.807) is 0 Å². The SMILES string of the molecule is CCN(C)CCCNC(N)=O. The van der Waals surface area contributed by atoms with Crippen LogP contribution in [-0.4, -0.2) is 37.6 Å². The molecule has 0 bridgehead atoms. The van der Waals surface area contributed by atoms with Crippen molar-refractivity contribution >= 4 is 6.03 Å². The molecule has 0 aromatic heterocycles. The fourth-order valence-corrected chi connectivity index (χ4v) is 0.719. The third kappa shape index (κ3) is 7.12. The number of nitrogens with one attached hydrogen (secondary N) is 1. The minimum Gasteiger partial charge on any atom is -0.352 e. The van der Waals surface area contributed by atoms with Gasteiger partial charge in [-0.05, 0) is 26.6 Å². The highest BCUT2D eigenvalue weighted by atomic mass is 16.2. The van der Waals surface area contributed by atoms with E-state index in [0.717, 1.165) is 19.5 Å². The lowest BCUT2D eigenvalue weighted by Crippen LogP contribution is -2.32. The van der Waals surface area contributed by atoms with Gasteiger partial charge in [-0.2, -0.15) is 0 Å². The first-order chi connectivity index (χ1) is 5.16. The van der Waals surface area contributed by atoms with Crippen LogP contribution in [0.5, 0.6) is 0 Å². The van der Waals surface area contributed by atoms with Crippen LogP contribution in [0.1, 0.15) is 13.3 Å². The molecule has 0 aliphatic rings. The van der Waals surface area contributed by atoms with Gasteiger partial charge in [-0.3, -0.25) is 0 Å². The summed E-state index contributed by atoms with van der Waals surface area (Å²) in [4.78, 5) is 12.4. The second-order valence-corrected chi connectivity index (χ2v) is 2.54. The molecule has 0 atom stereocenters. The van der Waals surface area contributed by atoms with Crippen molar-refractivity contribution in [2.45, 2.75) is 13.3 Å². The molecule has 0 aromatic carbocycles. The van der Waals surface area contributed by atoms with Crippen LogP contribution in [0.2, 0.25) is 0 Å². The summed E-state index contributed by atoms with van der Waals surface area (Å²) >= 11 is 0. The van der Waals surface area contributed by atoms with Gasteiger partial charge >= 0.3 is 6.03 Å². The first kappa shape index (κ1) is 10.2. The summed E-state index contributed by atoms with van der Waals surface area (Å²) < 4.78 is 0. The second kappa shape index (κ2) is 5.97. The molecule has 11 heavy (non-hydrogen) atoms. The maximum Gasteiger partial charge on any atom is 0.312 e. The molecule has 0 aliphatic heterocycles. The number of hydrogen-bond acceptors (Lipinski definition) is 2. The Morgan fingerprint density at radius 1 is 1.64 bits per heavy atom. The molecule has 0 unspecified atom stereocenters. The normalized spacial score (nSPS) is 10.1.